The molecule has 1 aromatic rings. The van der Waals surface area contributed by atoms with E-state index in [4.69, 9.17) is 4.74 Å². The fraction of sp³-hybridized carbons (Fsp3) is 0.607. The molecule has 208 valence electrons. The molecule has 2 atom stereocenters. The van der Waals surface area contributed by atoms with Crippen LogP contribution in [0.25, 0.3) is 0 Å². The summed E-state index contributed by atoms with van der Waals surface area (Å²) in [4.78, 5) is 41.0. The molecule has 0 radical (unpaired) electrons. The number of amides is 3. The molecule has 3 aliphatic rings. The van der Waals surface area contributed by atoms with Crippen molar-refractivity contribution in [2.75, 3.05) is 13.2 Å². The number of hydrazine groups is 1. The third-order valence-electron chi connectivity index (χ3n) is 8.59. The van der Waals surface area contributed by atoms with Gasteiger partial charge in [-0.3, -0.25) is 9.59 Å². The largest absolute Gasteiger partial charge is 0.463 e. The van der Waals surface area contributed by atoms with Gasteiger partial charge in [0.05, 0.1) is 31.3 Å². The Labute approximate surface area is 227 Å². The maximum Gasteiger partial charge on any atom is 0.319 e. The molecular formula is C28H43N5O4Si. The van der Waals surface area contributed by atoms with Gasteiger partial charge in [0, 0.05) is 17.2 Å². The molecule has 38 heavy (non-hydrogen) atoms. The van der Waals surface area contributed by atoms with E-state index in [0.717, 1.165) is 36.1 Å². The fourth-order valence-corrected chi connectivity index (χ4v) is 8.31. The van der Waals surface area contributed by atoms with Crippen LogP contribution in [-0.4, -0.2) is 55.7 Å². The number of ether oxygens (including phenoxy) is 1. The summed E-state index contributed by atoms with van der Waals surface area (Å²) in [7, 11) is -1.71. The fourth-order valence-electron chi connectivity index (χ4n) is 5.71. The van der Waals surface area contributed by atoms with Crippen LogP contribution in [0, 0.1) is 5.92 Å². The summed E-state index contributed by atoms with van der Waals surface area (Å²) < 4.78 is 5.50. The van der Waals surface area contributed by atoms with Crippen molar-refractivity contribution >= 4 is 26.0 Å². The Morgan fingerprint density at radius 2 is 1.79 bits per heavy atom. The highest BCUT2D eigenvalue weighted by molar-refractivity contribution is 6.82. The van der Waals surface area contributed by atoms with Crippen molar-refractivity contribution in [1.29, 1.82) is 0 Å². The summed E-state index contributed by atoms with van der Waals surface area (Å²) >= 11 is 0. The summed E-state index contributed by atoms with van der Waals surface area (Å²) in [5.74, 6) is -0.441. The zero-order valence-electron chi connectivity index (χ0n) is 23.7. The Morgan fingerprint density at radius 3 is 2.34 bits per heavy atom. The van der Waals surface area contributed by atoms with E-state index >= 15 is 0 Å². The summed E-state index contributed by atoms with van der Waals surface area (Å²) in [5, 5.41) is 6.10. The van der Waals surface area contributed by atoms with E-state index in [1.54, 1.807) is 18.7 Å². The summed E-state index contributed by atoms with van der Waals surface area (Å²) in [6, 6.07) is 8.77. The molecule has 1 aromatic carbocycles. The first kappa shape index (κ1) is 28.2. The second-order valence-electron chi connectivity index (χ2n) is 12.6. The van der Waals surface area contributed by atoms with Crippen LogP contribution >= 0.6 is 0 Å². The van der Waals surface area contributed by atoms with Crippen LogP contribution in [0.3, 0.4) is 0 Å². The lowest BCUT2D eigenvalue weighted by atomic mass is 9.83. The number of esters is 1. The highest BCUT2D eigenvalue weighted by Gasteiger charge is 2.55. The van der Waals surface area contributed by atoms with Gasteiger partial charge in [0.1, 0.15) is 12.8 Å². The number of rotatable bonds is 8. The third-order valence-corrected chi connectivity index (χ3v) is 12.2. The number of benzene rings is 1. The van der Waals surface area contributed by atoms with Crippen molar-refractivity contribution in [3.05, 3.63) is 47.2 Å². The number of hydrogen-bond donors (Lipinski definition) is 4. The lowest BCUT2D eigenvalue weighted by Crippen LogP contribution is -2.60. The number of nitrogens with zero attached hydrogens (tertiary/aromatic N) is 1. The first-order valence-corrected chi connectivity index (χ1v) is 17.1. The molecule has 10 heteroatoms. The van der Waals surface area contributed by atoms with Crippen molar-refractivity contribution < 1.29 is 19.1 Å². The number of carbonyl (C=O) groups excluding carboxylic acids is 3. The van der Waals surface area contributed by atoms with Gasteiger partial charge in [-0.05, 0) is 32.3 Å². The Morgan fingerprint density at radius 1 is 1.13 bits per heavy atom. The lowest BCUT2D eigenvalue weighted by Gasteiger charge is -2.49. The second-order valence-corrected chi connectivity index (χ2v) is 18.1. The maximum absolute atomic E-state index is 13.6. The van der Waals surface area contributed by atoms with Gasteiger partial charge >= 0.3 is 12.0 Å². The minimum absolute atomic E-state index is 0.0471. The summed E-state index contributed by atoms with van der Waals surface area (Å²) in [5.41, 5.74) is 8.57. The first-order chi connectivity index (χ1) is 17.8. The Kier molecular flexibility index (Phi) is 7.69. The van der Waals surface area contributed by atoms with Gasteiger partial charge in [0.2, 0.25) is 5.91 Å². The molecule has 1 unspecified atom stereocenters. The highest BCUT2D eigenvalue weighted by atomic mass is 28.3. The molecular weight excluding hydrogens is 498 g/mol. The predicted molar refractivity (Wildman–Crippen MR) is 149 cm³/mol. The molecule has 0 spiro atoms. The normalized spacial score (nSPS) is 22.3. The quantitative estimate of drug-likeness (QED) is 0.294. The van der Waals surface area contributed by atoms with Gasteiger partial charge in [0.15, 0.2) is 0 Å². The zero-order chi connectivity index (χ0) is 27.9. The molecule has 2 heterocycles. The van der Waals surface area contributed by atoms with Crippen molar-refractivity contribution in [2.24, 2.45) is 5.92 Å². The lowest BCUT2D eigenvalue weighted by molar-refractivity contribution is -0.148. The van der Waals surface area contributed by atoms with Crippen molar-refractivity contribution in [1.82, 2.24) is 26.4 Å². The Bertz CT molecular complexity index is 1110. The minimum Gasteiger partial charge on any atom is -0.463 e. The van der Waals surface area contributed by atoms with Crippen LogP contribution in [-0.2, 0) is 14.3 Å². The van der Waals surface area contributed by atoms with E-state index in [-0.39, 0.29) is 41.6 Å². The average Bonchev–Trinajstić information content (AvgIpc) is 3.32. The maximum atomic E-state index is 13.6. The highest BCUT2D eigenvalue weighted by Crippen LogP contribution is 2.55. The van der Waals surface area contributed by atoms with Crippen molar-refractivity contribution in [3.8, 4) is 0 Å². The van der Waals surface area contributed by atoms with Gasteiger partial charge in [-0.1, -0.05) is 70.2 Å². The van der Waals surface area contributed by atoms with Crippen LogP contribution in [0.2, 0.25) is 24.7 Å². The molecule has 4 rings (SSSR count). The molecule has 0 aromatic heterocycles. The average molecular weight is 542 g/mol. The predicted octanol–water partition coefficient (Wildman–Crippen LogP) is 3.80. The molecule has 1 saturated carbocycles. The van der Waals surface area contributed by atoms with E-state index in [0.29, 0.717) is 6.54 Å². The molecule has 4 N–H and O–H groups in total. The van der Waals surface area contributed by atoms with E-state index < -0.39 is 19.7 Å². The van der Waals surface area contributed by atoms with E-state index in [1.807, 2.05) is 44.2 Å². The van der Waals surface area contributed by atoms with Gasteiger partial charge in [0.25, 0.3) is 0 Å². The molecule has 2 aliphatic heterocycles. The van der Waals surface area contributed by atoms with E-state index in [2.05, 4.69) is 41.1 Å². The molecule has 9 nitrogen and oxygen atoms in total. The van der Waals surface area contributed by atoms with Gasteiger partial charge < -0.3 is 25.7 Å². The number of hydrogen-bond acceptors (Lipinski definition) is 6. The molecule has 1 aliphatic carbocycles. The molecule has 0 saturated heterocycles. The van der Waals surface area contributed by atoms with Gasteiger partial charge in [-0.25, -0.2) is 10.2 Å². The Hall–Kier alpha value is -2.85. The van der Waals surface area contributed by atoms with Gasteiger partial charge in [-0.15, -0.1) is 0 Å². The summed E-state index contributed by atoms with van der Waals surface area (Å²) in [6.07, 6.45) is 2.62. The van der Waals surface area contributed by atoms with E-state index in [1.165, 1.54) is 0 Å². The standard InChI is InChI=1S/C28H43N5O4Si/c1-18(2)24(34)37-17-21(19-12-9-8-10-13-19)29-26(36)33-16-20-22(27(33,3)4)31-32-23(20)30-25(35)28(14-11-15-28)38(5,6)7/h8-10,12-13,18,21,23,31-32H,11,14-17H2,1-7H3,(H,29,36)(H,30,35)/t21-,23?/m1/s1. The number of urea groups is 1. The van der Waals surface area contributed by atoms with Crippen LogP contribution in [0.1, 0.15) is 58.6 Å². The number of nitrogens with one attached hydrogen (secondary N) is 4. The molecule has 3 amide bonds. The smallest absolute Gasteiger partial charge is 0.319 e. The SMILES string of the molecule is CC(C)C(=O)OC[C@@H](NC(=O)N1CC2=C(NNC2NC(=O)C2([Si](C)(C)C)CCC2)C1(C)C)c1ccccc1. The zero-order valence-corrected chi connectivity index (χ0v) is 24.7. The summed E-state index contributed by atoms with van der Waals surface area (Å²) in [6.45, 7) is 14.8. The third kappa shape index (κ3) is 5.08. The van der Waals surface area contributed by atoms with Crippen LogP contribution < -0.4 is 21.5 Å². The van der Waals surface area contributed by atoms with Crippen LogP contribution in [0.5, 0.6) is 0 Å². The molecule has 0 bridgehead atoms. The molecule has 1 fully saturated rings. The first-order valence-electron chi connectivity index (χ1n) is 13.6. The number of carbonyl (C=O) groups is 3. The van der Waals surface area contributed by atoms with Crippen molar-refractivity contribution in [3.63, 3.8) is 0 Å². The van der Waals surface area contributed by atoms with Crippen LogP contribution in [0.4, 0.5) is 4.79 Å². The minimum atomic E-state index is -1.71. The van der Waals surface area contributed by atoms with E-state index in [9.17, 15) is 14.4 Å². The van der Waals surface area contributed by atoms with Gasteiger partial charge in [-0.2, -0.15) is 0 Å². The van der Waals surface area contributed by atoms with Crippen molar-refractivity contribution in [2.45, 2.75) is 89.4 Å². The topological polar surface area (TPSA) is 112 Å². The monoisotopic (exact) mass is 541 g/mol. The Balaban J connectivity index is 1.47. The second kappa shape index (κ2) is 10.4. The van der Waals surface area contributed by atoms with Crippen LogP contribution in [0.15, 0.2) is 41.6 Å².